The molecule has 0 amide bonds. The molecule has 84 valence electrons. The van der Waals surface area contributed by atoms with E-state index in [1.165, 1.54) is 17.4 Å². The van der Waals surface area contributed by atoms with Crippen LogP contribution in [-0.4, -0.2) is 7.05 Å². The molecular formula is C12H11F2NS. The predicted molar refractivity (Wildman–Crippen MR) is 62.4 cm³/mol. The molecule has 0 bridgehead atoms. The first-order valence-electron chi connectivity index (χ1n) is 4.90. The lowest BCUT2D eigenvalue weighted by Gasteiger charge is -2.00. The van der Waals surface area contributed by atoms with Crippen molar-refractivity contribution in [3.63, 3.8) is 0 Å². The van der Waals surface area contributed by atoms with E-state index in [0.717, 1.165) is 22.4 Å². The average Bonchev–Trinajstić information content (AvgIpc) is 2.71. The second-order valence-corrected chi connectivity index (χ2v) is 4.57. The maximum absolute atomic E-state index is 13.5. The average molecular weight is 239 g/mol. The van der Waals surface area contributed by atoms with Crippen LogP contribution in [0.1, 0.15) is 4.88 Å². The summed E-state index contributed by atoms with van der Waals surface area (Å²) >= 11 is 1.46. The SMILES string of the molecule is CNCc1ccc(-c2cccc(F)c2F)s1. The van der Waals surface area contributed by atoms with Crippen molar-refractivity contribution in [2.24, 2.45) is 0 Å². The first-order valence-corrected chi connectivity index (χ1v) is 5.71. The van der Waals surface area contributed by atoms with Crippen molar-refractivity contribution in [3.8, 4) is 10.4 Å². The molecule has 0 aliphatic rings. The molecule has 0 aliphatic carbocycles. The van der Waals surface area contributed by atoms with E-state index in [-0.39, 0.29) is 0 Å². The molecule has 16 heavy (non-hydrogen) atoms. The molecule has 0 atom stereocenters. The van der Waals surface area contributed by atoms with Crippen LogP contribution in [0.25, 0.3) is 10.4 Å². The van der Waals surface area contributed by atoms with Gasteiger partial charge < -0.3 is 5.32 Å². The number of rotatable bonds is 3. The van der Waals surface area contributed by atoms with Gasteiger partial charge in [0.1, 0.15) is 0 Å². The lowest BCUT2D eigenvalue weighted by atomic mass is 10.2. The summed E-state index contributed by atoms with van der Waals surface area (Å²) in [4.78, 5) is 1.85. The summed E-state index contributed by atoms with van der Waals surface area (Å²) in [5.74, 6) is -1.58. The van der Waals surface area contributed by atoms with E-state index >= 15 is 0 Å². The molecule has 0 radical (unpaired) electrons. The number of thiophene rings is 1. The van der Waals surface area contributed by atoms with Gasteiger partial charge >= 0.3 is 0 Å². The third-order valence-electron chi connectivity index (χ3n) is 2.23. The minimum absolute atomic E-state index is 0.326. The van der Waals surface area contributed by atoms with Gasteiger partial charge in [-0.05, 0) is 25.2 Å². The third kappa shape index (κ3) is 2.13. The van der Waals surface area contributed by atoms with Crippen molar-refractivity contribution in [3.05, 3.63) is 46.8 Å². The second kappa shape index (κ2) is 4.72. The molecule has 1 aromatic heterocycles. The molecule has 0 fully saturated rings. The van der Waals surface area contributed by atoms with Crippen molar-refractivity contribution in [1.82, 2.24) is 5.32 Å². The van der Waals surface area contributed by atoms with Crippen LogP contribution in [0.15, 0.2) is 30.3 Å². The minimum atomic E-state index is -0.805. The lowest BCUT2D eigenvalue weighted by Crippen LogP contribution is -2.02. The van der Waals surface area contributed by atoms with Gasteiger partial charge in [0.25, 0.3) is 0 Å². The van der Waals surface area contributed by atoms with Crippen LogP contribution in [0, 0.1) is 11.6 Å². The standard InChI is InChI=1S/C12H11F2NS/c1-15-7-8-5-6-11(16-8)9-3-2-4-10(13)12(9)14/h2-6,15H,7H2,1H3. The van der Waals surface area contributed by atoms with E-state index in [1.54, 1.807) is 6.07 Å². The Balaban J connectivity index is 2.39. The van der Waals surface area contributed by atoms with Gasteiger partial charge in [0.2, 0.25) is 0 Å². The van der Waals surface area contributed by atoms with Crippen molar-refractivity contribution in [2.45, 2.75) is 6.54 Å². The predicted octanol–water partition coefficient (Wildman–Crippen LogP) is 3.41. The van der Waals surface area contributed by atoms with Crippen molar-refractivity contribution in [1.29, 1.82) is 0 Å². The Bertz CT molecular complexity index is 494. The van der Waals surface area contributed by atoms with Crippen LogP contribution >= 0.6 is 11.3 Å². The van der Waals surface area contributed by atoms with E-state index in [9.17, 15) is 8.78 Å². The van der Waals surface area contributed by atoms with E-state index in [0.29, 0.717) is 5.56 Å². The highest BCUT2D eigenvalue weighted by atomic mass is 32.1. The van der Waals surface area contributed by atoms with E-state index in [1.807, 2.05) is 19.2 Å². The van der Waals surface area contributed by atoms with Crippen LogP contribution in [0.3, 0.4) is 0 Å². The van der Waals surface area contributed by atoms with Crippen LogP contribution in [0.5, 0.6) is 0 Å². The molecule has 0 saturated carbocycles. The Labute approximate surface area is 96.7 Å². The first-order chi connectivity index (χ1) is 7.72. The molecule has 1 N–H and O–H groups in total. The molecule has 1 heterocycles. The van der Waals surface area contributed by atoms with Crippen molar-refractivity contribution in [2.75, 3.05) is 7.05 Å². The zero-order chi connectivity index (χ0) is 11.5. The summed E-state index contributed by atoms with van der Waals surface area (Å²) in [6.07, 6.45) is 0. The summed E-state index contributed by atoms with van der Waals surface area (Å²) in [7, 11) is 1.85. The summed E-state index contributed by atoms with van der Waals surface area (Å²) in [6, 6.07) is 7.97. The van der Waals surface area contributed by atoms with Gasteiger partial charge in [0, 0.05) is 21.9 Å². The molecule has 0 spiro atoms. The lowest BCUT2D eigenvalue weighted by molar-refractivity contribution is 0.511. The molecule has 2 aromatic rings. The van der Waals surface area contributed by atoms with Gasteiger partial charge in [0.15, 0.2) is 11.6 Å². The minimum Gasteiger partial charge on any atom is -0.315 e. The van der Waals surface area contributed by atoms with E-state index in [4.69, 9.17) is 0 Å². The highest BCUT2D eigenvalue weighted by molar-refractivity contribution is 7.15. The summed E-state index contributed by atoms with van der Waals surface area (Å²) < 4.78 is 26.5. The summed E-state index contributed by atoms with van der Waals surface area (Å²) in [5, 5.41) is 3.02. The van der Waals surface area contributed by atoms with Crippen molar-refractivity contribution < 1.29 is 8.78 Å². The van der Waals surface area contributed by atoms with Crippen LogP contribution in [0.2, 0.25) is 0 Å². The number of hydrogen-bond acceptors (Lipinski definition) is 2. The molecule has 1 nitrogen and oxygen atoms in total. The quantitative estimate of drug-likeness (QED) is 0.865. The largest absolute Gasteiger partial charge is 0.315 e. The van der Waals surface area contributed by atoms with E-state index < -0.39 is 11.6 Å². The fourth-order valence-corrected chi connectivity index (χ4v) is 2.52. The number of nitrogens with one attached hydrogen (secondary N) is 1. The number of hydrogen-bond donors (Lipinski definition) is 1. The number of halogens is 2. The molecule has 0 saturated heterocycles. The monoisotopic (exact) mass is 239 g/mol. The van der Waals surface area contributed by atoms with Crippen molar-refractivity contribution >= 4 is 11.3 Å². The Morgan fingerprint density at radius 1 is 1.19 bits per heavy atom. The Morgan fingerprint density at radius 2 is 2.00 bits per heavy atom. The van der Waals surface area contributed by atoms with Gasteiger partial charge in [0.05, 0.1) is 0 Å². The molecule has 2 rings (SSSR count). The highest BCUT2D eigenvalue weighted by Gasteiger charge is 2.11. The molecular weight excluding hydrogens is 228 g/mol. The summed E-state index contributed by atoms with van der Waals surface area (Å²) in [6.45, 7) is 0.738. The van der Waals surface area contributed by atoms with Crippen LogP contribution in [0.4, 0.5) is 8.78 Å². The maximum atomic E-state index is 13.5. The fourth-order valence-electron chi connectivity index (χ4n) is 1.49. The molecule has 4 heteroatoms. The molecule has 0 aliphatic heterocycles. The topological polar surface area (TPSA) is 12.0 Å². The zero-order valence-electron chi connectivity index (χ0n) is 8.76. The smallest absolute Gasteiger partial charge is 0.167 e. The van der Waals surface area contributed by atoms with Crippen LogP contribution in [-0.2, 0) is 6.54 Å². The Hall–Kier alpha value is -1.26. The van der Waals surface area contributed by atoms with Gasteiger partial charge in [-0.1, -0.05) is 12.1 Å². The van der Waals surface area contributed by atoms with Gasteiger partial charge in [-0.25, -0.2) is 8.78 Å². The Kier molecular flexibility index (Phi) is 3.31. The second-order valence-electron chi connectivity index (χ2n) is 3.40. The third-order valence-corrected chi connectivity index (χ3v) is 3.35. The highest BCUT2D eigenvalue weighted by Crippen LogP contribution is 2.30. The molecule has 0 unspecified atom stereocenters. The normalized spacial score (nSPS) is 10.7. The Morgan fingerprint density at radius 3 is 2.75 bits per heavy atom. The number of benzene rings is 1. The van der Waals surface area contributed by atoms with Gasteiger partial charge in [-0.15, -0.1) is 11.3 Å². The first kappa shape index (κ1) is 11.2. The molecule has 1 aromatic carbocycles. The zero-order valence-corrected chi connectivity index (χ0v) is 9.57. The maximum Gasteiger partial charge on any atom is 0.167 e. The summed E-state index contributed by atoms with van der Waals surface area (Å²) in [5.41, 5.74) is 0.326. The van der Waals surface area contributed by atoms with Crippen LogP contribution < -0.4 is 5.32 Å². The van der Waals surface area contributed by atoms with E-state index in [2.05, 4.69) is 5.32 Å². The fraction of sp³-hybridized carbons (Fsp3) is 0.167. The van der Waals surface area contributed by atoms with Gasteiger partial charge in [-0.2, -0.15) is 0 Å². The van der Waals surface area contributed by atoms with Gasteiger partial charge in [-0.3, -0.25) is 0 Å².